The van der Waals surface area contributed by atoms with Gasteiger partial charge in [0, 0.05) is 25.0 Å². The Balaban J connectivity index is 0.00000182. The van der Waals surface area contributed by atoms with Gasteiger partial charge in [0.15, 0.2) is 11.5 Å². The van der Waals surface area contributed by atoms with Gasteiger partial charge in [0.2, 0.25) is 5.91 Å². The number of fused-ring (bicyclic) bond motifs is 1. The fourth-order valence-corrected chi connectivity index (χ4v) is 3.96. The molecule has 1 saturated carbocycles. The van der Waals surface area contributed by atoms with Crippen LogP contribution in [-0.4, -0.2) is 49.7 Å². The summed E-state index contributed by atoms with van der Waals surface area (Å²) in [4.78, 5) is 15.1. The zero-order chi connectivity index (χ0) is 16.5. The van der Waals surface area contributed by atoms with Gasteiger partial charge in [0.1, 0.15) is 13.2 Å². The summed E-state index contributed by atoms with van der Waals surface area (Å²) in [6.07, 6.45) is 3.05. The van der Waals surface area contributed by atoms with Crippen LogP contribution in [0.3, 0.4) is 0 Å². The molecule has 2 aliphatic heterocycles. The zero-order valence-corrected chi connectivity index (χ0v) is 15.5. The van der Waals surface area contributed by atoms with E-state index in [0.717, 1.165) is 50.4 Å². The van der Waals surface area contributed by atoms with E-state index >= 15 is 0 Å². The van der Waals surface area contributed by atoms with Crippen molar-refractivity contribution in [3.63, 3.8) is 0 Å². The van der Waals surface area contributed by atoms with E-state index in [2.05, 4.69) is 29.3 Å². The maximum Gasteiger partial charge on any atom is 0.226 e. The minimum Gasteiger partial charge on any atom is -0.486 e. The number of ether oxygens (including phenoxy) is 2. The first-order chi connectivity index (χ1) is 11.8. The lowest BCUT2D eigenvalue weighted by Crippen LogP contribution is -2.43. The highest BCUT2D eigenvalue weighted by atomic mass is 35.5. The molecule has 138 valence electrons. The molecule has 1 N–H and O–H groups in total. The molecule has 5 nitrogen and oxygen atoms in total. The minimum atomic E-state index is 0. The van der Waals surface area contributed by atoms with Crippen LogP contribution in [0.4, 0.5) is 0 Å². The maximum absolute atomic E-state index is 13.0. The molecule has 25 heavy (non-hydrogen) atoms. The second-order valence-corrected chi connectivity index (χ2v) is 7.03. The van der Waals surface area contributed by atoms with Crippen molar-refractivity contribution in [2.45, 2.75) is 38.1 Å². The highest BCUT2D eigenvalue weighted by molar-refractivity contribution is 5.85. The third-order valence-electron chi connectivity index (χ3n) is 5.32. The molecule has 3 atom stereocenters. The molecular formula is C19H27ClN2O3. The number of carbonyl (C=O) groups is 1. The molecule has 1 saturated heterocycles. The number of hydrogen-bond acceptors (Lipinski definition) is 4. The van der Waals surface area contributed by atoms with E-state index in [4.69, 9.17) is 9.47 Å². The molecule has 1 aromatic carbocycles. The van der Waals surface area contributed by atoms with Gasteiger partial charge in [0.25, 0.3) is 0 Å². The summed E-state index contributed by atoms with van der Waals surface area (Å²) in [5.41, 5.74) is 1.21. The third-order valence-corrected chi connectivity index (χ3v) is 5.32. The quantitative estimate of drug-likeness (QED) is 0.870. The largest absolute Gasteiger partial charge is 0.486 e. The Bertz CT molecular complexity index is 619. The zero-order valence-electron chi connectivity index (χ0n) is 14.7. The van der Waals surface area contributed by atoms with Gasteiger partial charge in [-0.2, -0.15) is 0 Å². The van der Waals surface area contributed by atoms with Gasteiger partial charge in [-0.1, -0.05) is 13.0 Å². The van der Waals surface area contributed by atoms with Crippen LogP contribution in [0.25, 0.3) is 0 Å². The Morgan fingerprint density at radius 2 is 2.08 bits per heavy atom. The lowest BCUT2D eigenvalue weighted by Gasteiger charge is -2.28. The number of halogens is 1. The average Bonchev–Trinajstić information content (AvgIpc) is 3.24. The molecule has 1 aliphatic carbocycles. The SMILES string of the molecule is CCCN(C(=O)C1CC1c1ccc2c(c1)OCCO2)C1CCNC1.Cl. The molecule has 4 rings (SSSR count). The summed E-state index contributed by atoms with van der Waals surface area (Å²) in [6, 6.07) is 6.51. The third kappa shape index (κ3) is 3.72. The van der Waals surface area contributed by atoms with E-state index in [0.29, 0.717) is 31.1 Å². The Labute approximate surface area is 155 Å². The summed E-state index contributed by atoms with van der Waals surface area (Å²) < 4.78 is 11.3. The molecule has 2 heterocycles. The van der Waals surface area contributed by atoms with E-state index in [9.17, 15) is 4.79 Å². The number of nitrogens with one attached hydrogen (secondary N) is 1. The molecule has 0 aromatic heterocycles. The number of carbonyl (C=O) groups excluding carboxylic acids is 1. The molecule has 2 fully saturated rings. The van der Waals surface area contributed by atoms with Crippen LogP contribution in [0.15, 0.2) is 18.2 Å². The van der Waals surface area contributed by atoms with Crippen molar-refractivity contribution in [1.82, 2.24) is 10.2 Å². The van der Waals surface area contributed by atoms with Crippen molar-refractivity contribution in [2.75, 3.05) is 32.8 Å². The molecule has 0 bridgehead atoms. The fraction of sp³-hybridized carbons (Fsp3) is 0.632. The van der Waals surface area contributed by atoms with Gasteiger partial charge in [-0.25, -0.2) is 0 Å². The van der Waals surface area contributed by atoms with Crippen molar-refractivity contribution < 1.29 is 14.3 Å². The van der Waals surface area contributed by atoms with Gasteiger partial charge in [-0.05, 0) is 49.4 Å². The van der Waals surface area contributed by atoms with Crippen molar-refractivity contribution in [1.29, 1.82) is 0 Å². The highest BCUT2D eigenvalue weighted by Crippen LogP contribution is 2.50. The fourth-order valence-electron chi connectivity index (χ4n) is 3.96. The van der Waals surface area contributed by atoms with Gasteiger partial charge >= 0.3 is 0 Å². The van der Waals surface area contributed by atoms with Gasteiger partial charge < -0.3 is 19.7 Å². The smallest absolute Gasteiger partial charge is 0.226 e. The molecule has 3 unspecified atom stereocenters. The Kier molecular flexibility index (Phi) is 5.74. The summed E-state index contributed by atoms with van der Waals surface area (Å²) in [5, 5.41) is 3.38. The molecule has 1 aromatic rings. The van der Waals surface area contributed by atoms with Gasteiger partial charge in [-0.3, -0.25) is 4.79 Å². The van der Waals surface area contributed by atoms with Crippen molar-refractivity contribution in [3.05, 3.63) is 23.8 Å². The highest BCUT2D eigenvalue weighted by Gasteiger charge is 2.47. The predicted octanol–water partition coefficient (Wildman–Crippen LogP) is 2.58. The first-order valence-corrected chi connectivity index (χ1v) is 9.18. The predicted molar refractivity (Wildman–Crippen MR) is 98.8 cm³/mol. The molecule has 3 aliphatic rings. The van der Waals surface area contributed by atoms with E-state index in [-0.39, 0.29) is 18.3 Å². The maximum atomic E-state index is 13.0. The number of hydrogen-bond donors (Lipinski definition) is 1. The number of nitrogens with zero attached hydrogens (tertiary/aromatic N) is 1. The number of amides is 1. The standard InChI is InChI=1S/C19H26N2O3.ClH/c1-2-7-21(14-5-6-20-12-14)19(22)16-11-15(16)13-3-4-17-18(10-13)24-9-8-23-17;/h3-4,10,14-16,20H,2,5-9,11-12H2,1H3;1H. The Morgan fingerprint density at radius 3 is 2.80 bits per heavy atom. The number of rotatable bonds is 5. The van der Waals surface area contributed by atoms with E-state index in [1.165, 1.54) is 5.56 Å². The summed E-state index contributed by atoms with van der Waals surface area (Å²) >= 11 is 0. The van der Waals surface area contributed by atoms with E-state index in [1.807, 2.05) is 6.07 Å². The first-order valence-electron chi connectivity index (χ1n) is 9.18. The summed E-state index contributed by atoms with van der Waals surface area (Å²) in [6.45, 7) is 6.19. The Hall–Kier alpha value is -1.46. The van der Waals surface area contributed by atoms with Gasteiger partial charge in [0.05, 0.1) is 0 Å². The van der Waals surface area contributed by atoms with Crippen LogP contribution < -0.4 is 14.8 Å². The monoisotopic (exact) mass is 366 g/mol. The van der Waals surface area contributed by atoms with Crippen molar-refractivity contribution in [3.8, 4) is 11.5 Å². The lowest BCUT2D eigenvalue weighted by atomic mass is 10.1. The summed E-state index contributed by atoms with van der Waals surface area (Å²) in [7, 11) is 0. The lowest BCUT2D eigenvalue weighted by molar-refractivity contribution is -0.134. The molecule has 0 spiro atoms. The molecular weight excluding hydrogens is 340 g/mol. The van der Waals surface area contributed by atoms with Crippen molar-refractivity contribution >= 4 is 18.3 Å². The average molecular weight is 367 g/mol. The summed E-state index contributed by atoms with van der Waals surface area (Å²) in [5.74, 6) is 2.45. The normalized spacial score (nSPS) is 26.7. The van der Waals surface area contributed by atoms with Crippen LogP contribution >= 0.6 is 12.4 Å². The van der Waals surface area contributed by atoms with Crippen LogP contribution in [0, 0.1) is 5.92 Å². The minimum absolute atomic E-state index is 0. The first kappa shape index (κ1) is 18.3. The van der Waals surface area contributed by atoms with Gasteiger partial charge in [-0.15, -0.1) is 12.4 Å². The van der Waals surface area contributed by atoms with Crippen LogP contribution in [0.5, 0.6) is 11.5 Å². The van der Waals surface area contributed by atoms with Crippen molar-refractivity contribution in [2.24, 2.45) is 5.92 Å². The number of benzene rings is 1. The second-order valence-electron chi connectivity index (χ2n) is 7.03. The second kappa shape index (κ2) is 7.83. The van der Waals surface area contributed by atoms with Crippen LogP contribution in [-0.2, 0) is 4.79 Å². The van der Waals surface area contributed by atoms with Crippen LogP contribution in [0.1, 0.15) is 37.7 Å². The Morgan fingerprint density at radius 1 is 1.28 bits per heavy atom. The van der Waals surface area contributed by atoms with E-state index < -0.39 is 0 Å². The molecule has 1 amide bonds. The molecule has 6 heteroatoms. The van der Waals surface area contributed by atoms with E-state index in [1.54, 1.807) is 0 Å². The topological polar surface area (TPSA) is 50.8 Å². The van der Waals surface area contributed by atoms with Crippen LogP contribution in [0.2, 0.25) is 0 Å². The molecule has 0 radical (unpaired) electrons.